The Balaban J connectivity index is 2.22. The number of rotatable bonds is 3. The third-order valence-electron chi connectivity index (χ3n) is 3.11. The Morgan fingerprint density at radius 1 is 1.59 bits per heavy atom. The van der Waals surface area contributed by atoms with Gasteiger partial charge in [-0.1, -0.05) is 0 Å². The van der Waals surface area contributed by atoms with Crippen molar-refractivity contribution in [1.29, 1.82) is 0 Å². The van der Waals surface area contributed by atoms with Crippen LogP contribution in [0.1, 0.15) is 6.42 Å². The smallest absolute Gasteiger partial charge is 0.248 e. The fourth-order valence-electron chi connectivity index (χ4n) is 1.98. The minimum absolute atomic E-state index is 0.0666. The van der Waals surface area contributed by atoms with E-state index >= 15 is 0 Å². The molecule has 1 saturated heterocycles. The van der Waals surface area contributed by atoms with Gasteiger partial charge in [0, 0.05) is 19.1 Å². The summed E-state index contributed by atoms with van der Waals surface area (Å²) in [5, 5.41) is 6.09. The number of nitrogens with one attached hydrogen (secondary N) is 1. The van der Waals surface area contributed by atoms with Gasteiger partial charge in [-0.25, -0.2) is 8.42 Å². The van der Waals surface area contributed by atoms with Crippen molar-refractivity contribution in [2.24, 2.45) is 0 Å². The van der Waals surface area contributed by atoms with Crippen LogP contribution in [0.25, 0.3) is 0 Å². The van der Waals surface area contributed by atoms with Crippen LogP contribution in [0.15, 0.2) is 11.1 Å². The molecule has 0 aliphatic carbocycles. The minimum Gasteiger partial charge on any atom is -0.383 e. The SMILES string of the molecule is CN(C)C1CCN(S(=O)(=O)c2cn[nH]c2N)C1. The van der Waals surface area contributed by atoms with Gasteiger partial charge in [0.2, 0.25) is 10.0 Å². The molecule has 0 saturated carbocycles. The van der Waals surface area contributed by atoms with Crippen LogP contribution in [-0.4, -0.2) is 61.0 Å². The quantitative estimate of drug-likeness (QED) is 0.749. The van der Waals surface area contributed by atoms with E-state index < -0.39 is 10.0 Å². The molecule has 17 heavy (non-hydrogen) atoms. The van der Waals surface area contributed by atoms with Gasteiger partial charge in [-0.2, -0.15) is 9.40 Å². The molecule has 0 bridgehead atoms. The van der Waals surface area contributed by atoms with Crippen molar-refractivity contribution in [2.75, 3.05) is 32.9 Å². The highest BCUT2D eigenvalue weighted by molar-refractivity contribution is 7.89. The lowest BCUT2D eigenvalue weighted by Crippen LogP contribution is -2.34. The molecule has 96 valence electrons. The van der Waals surface area contributed by atoms with E-state index in [1.54, 1.807) is 0 Å². The van der Waals surface area contributed by atoms with E-state index in [1.165, 1.54) is 10.5 Å². The van der Waals surface area contributed by atoms with Crippen molar-refractivity contribution in [3.8, 4) is 0 Å². The maximum absolute atomic E-state index is 12.3. The summed E-state index contributed by atoms with van der Waals surface area (Å²) in [6.07, 6.45) is 2.09. The molecule has 2 heterocycles. The van der Waals surface area contributed by atoms with Crippen molar-refractivity contribution in [3.05, 3.63) is 6.20 Å². The van der Waals surface area contributed by atoms with E-state index in [-0.39, 0.29) is 16.8 Å². The van der Waals surface area contributed by atoms with Crippen molar-refractivity contribution in [3.63, 3.8) is 0 Å². The fraction of sp³-hybridized carbons (Fsp3) is 0.667. The normalized spacial score (nSPS) is 22.4. The van der Waals surface area contributed by atoms with Crippen LogP contribution in [0.2, 0.25) is 0 Å². The monoisotopic (exact) mass is 259 g/mol. The van der Waals surface area contributed by atoms with E-state index in [4.69, 9.17) is 5.73 Å². The molecule has 0 aromatic carbocycles. The van der Waals surface area contributed by atoms with E-state index in [2.05, 4.69) is 10.2 Å². The van der Waals surface area contributed by atoms with Crippen molar-refractivity contribution >= 4 is 15.8 Å². The number of hydrogen-bond donors (Lipinski definition) is 2. The van der Waals surface area contributed by atoms with Gasteiger partial charge >= 0.3 is 0 Å². The van der Waals surface area contributed by atoms with E-state index in [9.17, 15) is 8.42 Å². The molecule has 1 unspecified atom stereocenters. The summed E-state index contributed by atoms with van der Waals surface area (Å²) in [6, 6.07) is 0.262. The number of likely N-dealkylation sites (N-methyl/N-ethyl adjacent to an activating group) is 1. The van der Waals surface area contributed by atoms with Gasteiger partial charge < -0.3 is 10.6 Å². The second-order valence-electron chi connectivity index (χ2n) is 4.42. The lowest BCUT2D eigenvalue weighted by atomic mass is 10.2. The molecule has 0 radical (unpaired) electrons. The number of nitrogen functional groups attached to an aromatic ring is 1. The highest BCUT2D eigenvalue weighted by atomic mass is 32.2. The summed E-state index contributed by atoms with van der Waals surface area (Å²) >= 11 is 0. The second kappa shape index (κ2) is 4.28. The Bertz CT molecular complexity index is 495. The Hall–Kier alpha value is -1.12. The number of sulfonamides is 1. The molecular weight excluding hydrogens is 242 g/mol. The Kier molecular flexibility index (Phi) is 3.11. The first kappa shape index (κ1) is 12.3. The lowest BCUT2D eigenvalue weighted by molar-refractivity contribution is 0.302. The molecule has 2 rings (SSSR count). The number of anilines is 1. The summed E-state index contributed by atoms with van der Waals surface area (Å²) in [4.78, 5) is 2.10. The Morgan fingerprint density at radius 3 is 2.76 bits per heavy atom. The predicted octanol–water partition coefficient (Wildman–Crippen LogP) is -0.683. The van der Waals surface area contributed by atoms with Crippen molar-refractivity contribution in [2.45, 2.75) is 17.4 Å². The zero-order chi connectivity index (χ0) is 12.6. The van der Waals surface area contributed by atoms with Crippen LogP contribution < -0.4 is 5.73 Å². The van der Waals surface area contributed by atoms with Gasteiger partial charge in [0.25, 0.3) is 0 Å². The molecule has 7 nitrogen and oxygen atoms in total. The van der Waals surface area contributed by atoms with Gasteiger partial charge in [0.1, 0.15) is 10.7 Å². The third-order valence-corrected chi connectivity index (χ3v) is 5.00. The lowest BCUT2D eigenvalue weighted by Gasteiger charge is -2.19. The van der Waals surface area contributed by atoms with E-state index in [1.807, 2.05) is 19.0 Å². The second-order valence-corrected chi connectivity index (χ2v) is 6.32. The fourth-order valence-corrected chi connectivity index (χ4v) is 3.48. The first-order valence-corrected chi connectivity index (χ1v) is 6.82. The van der Waals surface area contributed by atoms with Gasteiger partial charge in [-0.05, 0) is 20.5 Å². The summed E-state index contributed by atoms with van der Waals surface area (Å²) in [6.45, 7) is 1.02. The summed E-state index contributed by atoms with van der Waals surface area (Å²) in [5.74, 6) is 0.0957. The highest BCUT2D eigenvalue weighted by Crippen LogP contribution is 2.24. The number of aromatic nitrogens is 2. The van der Waals surface area contributed by atoms with Crippen LogP contribution in [0.3, 0.4) is 0 Å². The largest absolute Gasteiger partial charge is 0.383 e. The van der Waals surface area contributed by atoms with Crippen molar-refractivity contribution < 1.29 is 8.42 Å². The van der Waals surface area contributed by atoms with Crippen LogP contribution in [0.5, 0.6) is 0 Å². The van der Waals surface area contributed by atoms with E-state index in [0.29, 0.717) is 13.1 Å². The molecule has 1 aliphatic rings. The number of nitrogens with two attached hydrogens (primary N) is 1. The molecule has 0 amide bonds. The number of nitrogens with zero attached hydrogens (tertiary/aromatic N) is 3. The zero-order valence-corrected chi connectivity index (χ0v) is 10.7. The van der Waals surface area contributed by atoms with Crippen LogP contribution in [0.4, 0.5) is 5.82 Å². The molecule has 3 N–H and O–H groups in total. The van der Waals surface area contributed by atoms with Crippen LogP contribution >= 0.6 is 0 Å². The molecule has 8 heteroatoms. The number of aromatic amines is 1. The first-order chi connectivity index (χ1) is 7.93. The average Bonchev–Trinajstić information content (AvgIpc) is 2.84. The molecule has 0 spiro atoms. The minimum atomic E-state index is -3.50. The third kappa shape index (κ3) is 2.15. The van der Waals surface area contributed by atoms with Gasteiger partial charge in [-0.3, -0.25) is 5.10 Å². The molecule has 1 aliphatic heterocycles. The molecule has 1 atom stereocenters. The summed E-state index contributed by atoms with van der Waals surface area (Å²) in [7, 11) is 0.398. The Morgan fingerprint density at radius 2 is 2.29 bits per heavy atom. The van der Waals surface area contributed by atoms with E-state index in [0.717, 1.165) is 6.42 Å². The number of H-pyrrole nitrogens is 1. The average molecular weight is 259 g/mol. The molecule has 1 fully saturated rings. The molecular formula is C9H17N5O2S. The van der Waals surface area contributed by atoms with Gasteiger partial charge in [0.15, 0.2) is 0 Å². The van der Waals surface area contributed by atoms with Gasteiger partial charge in [-0.15, -0.1) is 0 Å². The molecule has 1 aromatic rings. The van der Waals surface area contributed by atoms with Crippen LogP contribution in [0, 0.1) is 0 Å². The first-order valence-electron chi connectivity index (χ1n) is 5.38. The van der Waals surface area contributed by atoms with Crippen LogP contribution in [-0.2, 0) is 10.0 Å². The Labute approximate surface area is 101 Å². The topological polar surface area (TPSA) is 95.3 Å². The number of hydrogen-bond acceptors (Lipinski definition) is 5. The predicted molar refractivity (Wildman–Crippen MR) is 63.9 cm³/mol. The van der Waals surface area contributed by atoms with Crippen molar-refractivity contribution in [1.82, 2.24) is 19.4 Å². The van der Waals surface area contributed by atoms with Gasteiger partial charge in [0.05, 0.1) is 6.20 Å². The summed E-state index contributed by atoms with van der Waals surface area (Å²) < 4.78 is 26.0. The molecule has 1 aromatic heterocycles. The zero-order valence-electron chi connectivity index (χ0n) is 9.92. The maximum Gasteiger partial charge on any atom is 0.248 e. The highest BCUT2D eigenvalue weighted by Gasteiger charge is 2.34. The summed E-state index contributed by atoms with van der Waals surface area (Å²) in [5.41, 5.74) is 5.55. The standard InChI is InChI=1S/C9H17N5O2S/c1-13(2)7-3-4-14(6-7)17(15,16)8-5-11-12-9(8)10/h5,7H,3-4,6H2,1-2H3,(H3,10,11,12). The maximum atomic E-state index is 12.3.